The first kappa shape index (κ1) is 25.4. The summed E-state index contributed by atoms with van der Waals surface area (Å²) < 4.78 is 0. The minimum atomic E-state index is -0.0488. The Morgan fingerprint density at radius 2 is 2.12 bits per heavy atom. The van der Waals surface area contributed by atoms with E-state index >= 15 is 0 Å². The summed E-state index contributed by atoms with van der Waals surface area (Å²) in [7, 11) is 1.00. The number of nitrogens with zero attached hydrogens (tertiary/aromatic N) is 1. The van der Waals surface area contributed by atoms with Crippen LogP contribution >= 0.6 is 0 Å². The molecular formula is C16H24FmN3O4-. The number of aliphatic hydroxyl groups is 1. The number of carbonyl (C=O) groups excluding carboxylic acids is 3. The first-order valence-electron chi connectivity index (χ1n) is 7.08. The molecule has 1 aromatic rings. The summed E-state index contributed by atoms with van der Waals surface area (Å²) >= 11 is 0. The molecule has 8 heteroatoms. The van der Waals surface area contributed by atoms with Gasteiger partial charge in [0.15, 0.2) is 0 Å². The van der Waals surface area contributed by atoms with Gasteiger partial charge in [-0.05, 0) is 24.1 Å². The summed E-state index contributed by atoms with van der Waals surface area (Å²) in [6, 6.07) is 3.75. The Morgan fingerprint density at radius 3 is 2.58 bits per heavy atom. The van der Waals surface area contributed by atoms with E-state index in [2.05, 4.69) is 17.2 Å². The molecule has 7 nitrogen and oxygen atoms in total. The molecule has 0 atom stereocenters. The molecule has 0 spiro atoms. The third-order valence-electron chi connectivity index (χ3n) is 2.20. The van der Waals surface area contributed by atoms with Crippen molar-refractivity contribution < 1.29 is 19.5 Å². The van der Waals surface area contributed by atoms with Gasteiger partial charge in [-0.2, -0.15) is 6.41 Å². The quantitative estimate of drug-likeness (QED) is 0.137. The summed E-state index contributed by atoms with van der Waals surface area (Å²) in [4.78, 5) is 33.7. The fourth-order valence-electron chi connectivity index (χ4n) is 1.18. The topological polar surface area (TPSA) is 108 Å². The number of aromatic nitrogens is 1. The van der Waals surface area contributed by atoms with Gasteiger partial charge in [0, 0.05) is 38.7 Å². The molecule has 1 heterocycles. The number of aliphatic hydroxyl groups excluding tert-OH is 1. The Hall–Kier alpha value is -3.54. The van der Waals surface area contributed by atoms with Gasteiger partial charge >= 0.3 is 0 Å². The fraction of sp³-hybridized carbons (Fsp3) is 0.375. The van der Waals surface area contributed by atoms with E-state index in [0.29, 0.717) is 6.29 Å². The van der Waals surface area contributed by atoms with Gasteiger partial charge in [0.1, 0.15) is 6.29 Å². The van der Waals surface area contributed by atoms with E-state index in [0.717, 1.165) is 32.1 Å². The normalized spacial score (nSPS) is 8.46. The standard InChI is InChI=1S/C12H16N2O.C3H4NO2.CH4O.Fm/c1-2-3-9-14-12(15)7-6-11-5-4-8-13-10-11;5-2-1-4-3-6;1-2;/h4-8,10H,2-3,9H2,1H3,(H,14,15);2H,1H2,(H,4,6);2H,1H3;/q;-1;;/b7-6+;;;. The Labute approximate surface area is 136 Å². The van der Waals surface area contributed by atoms with Crippen LogP contribution in [0, 0.1) is 0 Å². The molecular weight excluding hydrogens is 555 g/mol. The van der Waals surface area contributed by atoms with Crippen LogP contribution in [-0.4, -0.2) is 48.9 Å². The number of hydrogen-bond donors (Lipinski definition) is 3. The minimum Gasteiger partial charge on any atom is -0.524 e. The first-order valence-corrected chi connectivity index (χ1v) is 7.08. The van der Waals surface area contributed by atoms with Crippen LogP contribution in [0.15, 0.2) is 30.6 Å². The molecule has 0 saturated heterocycles. The molecule has 140 valence electrons. The average molecular weight is 579 g/mol. The van der Waals surface area contributed by atoms with E-state index < -0.39 is 0 Å². The van der Waals surface area contributed by atoms with Crippen molar-refractivity contribution in [1.82, 2.24) is 15.6 Å². The monoisotopic (exact) mass is 579 g/mol. The smallest absolute Gasteiger partial charge is 0.243 e. The van der Waals surface area contributed by atoms with Crippen LogP contribution in [0.1, 0.15) is 25.3 Å². The minimum absolute atomic E-state index is 0. The van der Waals surface area contributed by atoms with E-state index in [1.165, 1.54) is 12.5 Å². The van der Waals surface area contributed by atoms with Crippen LogP contribution in [0.4, 0.5) is 0 Å². The number of pyridine rings is 1. The van der Waals surface area contributed by atoms with Gasteiger partial charge in [0.25, 0.3) is 0 Å². The predicted octanol–water partition coefficient (Wildman–Crippen LogP) is 0.462. The van der Waals surface area contributed by atoms with Crippen LogP contribution in [0.2, 0.25) is 0 Å². The molecule has 2 amide bonds. The van der Waals surface area contributed by atoms with Crippen LogP contribution in [-0.2, 0) is 14.4 Å². The van der Waals surface area contributed by atoms with E-state index in [9.17, 15) is 9.59 Å². The molecule has 24 heavy (non-hydrogen) atoms. The van der Waals surface area contributed by atoms with Gasteiger partial charge in [-0.25, -0.2) is 0 Å². The van der Waals surface area contributed by atoms with E-state index in [1.54, 1.807) is 18.5 Å². The molecule has 0 aliphatic carbocycles. The van der Waals surface area contributed by atoms with Crippen LogP contribution in [0.5, 0.6) is 0 Å². The second kappa shape index (κ2) is 21.8. The maximum atomic E-state index is 11.3. The van der Waals surface area contributed by atoms with Crippen molar-refractivity contribution in [2.45, 2.75) is 19.8 Å². The largest absolute Gasteiger partial charge is 0.524 e. The van der Waals surface area contributed by atoms with Gasteiger partial charge in [-0.1, -0.05) is 19.4 Å². The summed E-state index contributed by atoms with van der Waals surface area (Å²) in [5, 5.41) is 11.8. The first-order chi connectivity index (χ1) is 11.2. The maximum Gasteiger partial charge on any atom is 0.243 e. The Morgan fingerprint density at radius 1 is 1.42 bits per heavy atom. The summed E-state index contributed by atoms with van der Waals surface area (Å²) in [5.41, 5.74) is 0.933. The second-order valence-corrected chi connectivity index (χ2v) is 3.91. The zero-order valence-electron chi connectivity index (χ0n) is 13.8. The van der Waals surface area contributed by atoms with Gasteiger partial charge in [-0.3, -0.25) is 9.78 Å². The fourth-order valence-corrected chi connectivity index (χ4v) is 1.18. The zero-order chi connectivity index (χ0) is 17.8. The Balaban J connectivity index is -0.000000418. The van der Waals surface area contributed by atoms with Crippen molar-refractivity contribution in [1.29, 1.82) is 0 Å². The number of hydrogen-bond acceptors (Lipinski definition) is 5. The number of amides is 2. The predicted molar refractivity (Wildman–Crippen MR) is 89.1 cm³/mol. The van der Waals surface area contributed by atoms with Gasteiger partial charge < -0.3 is 25.3 Å². The summed E-state index contributed by atoms with van der Waals surface area (Å²) in [5.74, 6) is -0.0488. The van der Waals surface area contributed by atoms with Crippen molar-refractivity contribution in [3.63, 3.8) is 0 Å². The van der Waals surface area contributed by atoms with Gasteiger partial charge in [0.05, 0.1) is 0 Å². The van der Waals surface area contributed by atoms with Crippen molar-refractivity contribution in [3.05, 3.63) is 36.2 Å². The Bertz CT molecular complexity index is 434. The number of rotatable bonds is 8. The molecule has 3 N–H and O–H groups in total. The molecule has 0 aromatic carbocycles. The van der Waals surface area contributed by atoms with Gasteiger partial charge in [0.2, 0.25) is 5.91 Å². The van der Waals surface area contributed by atoms with Gasteiger partial charge in [-0.15, -0.1) is 0 Å². The van der Waals surface area contributed by atoms with E-state index in [1.807, 2.05) is 17.4 Å². The van der Waals surface area contributed by atoms with E-state index in [-0.39, 0.29) is 12.5 Å². The number of carbonyl (C=O) groups is 2. The molecule has 1 rings (SSSR count). The van der Waals surface area contributed by atoms with Crippen molar-refractivity contribution >= 4 is 24.7 Å². The molecule has 1 aromatic heterocycles. The number of unbranched alkanes of at least 4 members (excludes halogenated alkanes) is 1. The zero-order valence-corrected chi connectivity index (χ0v) is 16.2. The van der Waals surface area contributed by atoms with Crippen molar-refractivity contribution in [2.75, 3.05) is 20.2 Å². The second-order valence-electron chi connectivity index (χ2n) is 3.91. The molecule has 0 fully saturated rings. The Kier molecular flexibility index (Phi) is 23.0. The molecule has 0 aliphatic rings. The molecule has 0 aliphatic heterocycles. The van der Waals surface area contributed by atoms with E-state index in [4.69, 9.17) is 9.90 Å². The summed E-state index contributed by atoms with van der Waals surface area (Å²) in [6.07, 6.45) is 10.8. The molecule has 0 bridgehead atoms. The SMILES string of the molecule is CCCCNC(=O)/C=C/c1cccnc1.CO.O=[C-]NCC=O.[Fm]. The van der Waals surface area contributed by atoms with Crippen molar-refractivity contribution in [2.24, 2.45) is 0 Å². The van der Waals surface area contributed by atoms with Crippen LogP contribution in [0.3, 0.4) is 0 Å². The van der Waals surface area contributed by atoms with Crippen LogP contribution in [0.25, 0.3) is 6.08 Å². The van der Waals surface area contributed by atoms with Crippen molar-refractivity contribution in [3.8, 4) is 0 Å². The number of aldehydes is 1. The molecule has 0 unspecified atom stereocenters. The summed E-state index contributed by atoms with van der Waals surface area (Å²) in [6.45, 7) is 2.90. The maximum absolute atomic E-state index is 11.3. The van der Waals surface area contributed by atoms with Crippen LogP contribution < -0.4 is 10.6 Å². The number of nitrogens with one attached hydrogen (secondary N) is 2. The third-order valence-corrected chi connectivity index (χ3v) is 2.20. The molecule has 0 saturated carbocycles. The third kappa shape index (κ3) is 18.5. The average Bonchev–Trinajstić information content (AvgIpc) is 2.61. The molecule has 0 radical (unpaired) electrons.